The van der Waals surface area contributed by atoms with Crippen molar-refractivity contribution in [2.24, 2.45) is 5.92 Å². The molecule has 2 aromatic carbocycles. The Morgan fingerprint density at radius 2 is 1.62 bits per heavy atom. The third kappa shape index (κ3) is 5.00. The highest BCUT2D eigenvalue weighted by Gasteiger charge is 2.43. The highest BCUT2D eigenvalue weighted by Crippen LogP contribution is 2.47. The smallest absolute Gasteiger partial charge is 0.302 e. The first kappa shape index (κ1) is 21.4. The fourth-order valence-corrected chi connectivity index (χ4v) is 4.26. The summed E-state index contributed by atoms with van der Waals surface area (Å²) in [5.74, 6) is 0.226. The topological polar surface area (TPSA) is 27.0 Å². The molecule has 0 radical (unpaired) electrons. The van der Waals surface area contributed by atoms with Crippen LogP contribution in [-0.2, 0) is 18.1 Å². The summed E-state index contributed by atoms with van der Waals surface area (Å²) in [6.07, 6.45) is 0.156. The first-order valence-corrected chi connectivity index (χ1v) is 10.2. The molecule has 2 nitrogen and oxygen atoms in total. The minimum Gasteiger partial charge on any atom is -0.302 e. The summed E-state index contributed by atoms with van der Waals surface area (Å²) in [6.45, 7) is 1.68. The lowest BCUT2D eigenvalue weighted by Crippen LogP contribution is -2.39. The minimum absolute atomic E-state index is 0.226. The Balaban J connectivity index is 1.69. The van der Waals surface area contributed by atoms with Crippen molar-refractivity contribution in [3.8, 4) is 6.07 Å². The third-order valence-electron chi connectivity index (χ3n) is 6.14. The van der Waals surface area contributed by atoms with Crippen molar-refractivity contribution in [1.82, 2.24) is 4.90 Å². The third-order valence-corrected chi connectivity index (χ3v) is 6.14. The molecule has 0 spiro atoms. The molecule has 0 saturated heterocycles. The van der Waals surface area contributed by atoms with Crippen LogP contribution in [0, 0.1) is 17.2 Å². The zero-order valence-corrected chi connectivity index (χ0v) is 16.8. The molecule has 0 amide bonds. The summed E-state index contributed by atoms with van der Waals surface area (Å²) in [4.78, 5) is 2.23. The van der Waals surface area contributed by atoms with E-state index in [-0.39, 0.29) is 5.92 Å². The van der Waals surface area contributed by atoms with Crippen LogP contribution in [0.5, 0.6) is 0 Å². The monoisotopic (exact) mass is 400 g/mol. The second-order valence-electron chi connectivity index (χ2n) is 8.11. The van der Waals surface area contributed by atoms with Crippen LogP contribution in [0.3, 0.4) is 0 Å². The normalized spacial score (nSPS) is 16.8. The molecule has 3 rings (SSSR count). The first-order chi connectivity index (χ1) is 13.8. The molecule has 154 valence electrons. The van der Waals surface area contributed by atoms with Crippen LogP contribution in [0.2, 0.25) is 0 Å². The Morgan fingerprint density at radius 3 is 2.14 bits per heavy atom. The van der Waals surface area contributed by atoms with Crippen molar-refractivity contribution in [3.05, 3.63) is 71.3 Å². The second kappa shape index (κ2) is 9.00. The zero-order valence-electron chi connectivity index (χ0n) is 16.8. The fourth-order valence-electron chi connectivity index (χ4n) is 4.26. The van der Waals surface area contributed by atoms with Gasteiger partial charge in [-0.3, -0.25) is 0 Å². The molecule has 0 aromatic heterocycles. The van der Waals surface area contributed by atoms with Gasteiger partial charge in [0.15, 0.2) is 0 Å². The molecular formula is C24H27F3N2. The van der Waals surface area contributed by atoms with E-state index in [9.17, 15) is 18.4 Å². The average molecular weight is 400 g/mol. The summed E-state index contributed by atoms with van der Waals surface area (Å²) in [5.41, 5.74) is 0.603. The molecule has 29 heavy (non-hydrogen) atoms. The van der Waals surface area contributed by atoms with E-state index in [0.29, 0.717) is 6.42 Å². The Bertz CT molecular complexity index is 820. The molecule has 1 aliphatic rings. The fraction of sp³-hybridized carbons (Fsp3) is 0.458. The van der Waals surface area contributed by atoms with Gasteiger partial charge in [0, 0.05) is 6.54 Å². The number of alkyl halides is 3. The van der Waals surface area contributed by atoms with E-state index in [2.05, 4.69) is 30.1 Å². The highest BCUT2D eigenvalue weighted by atomic mass is 19.4. The Morgan fingerprint density at radius 1 is 1.00 bits per heavy atom. The number of hydrogen-bond acceptors (Lipinski definition) is 2. The minimum atomic E-state index is -4.36. The molecule has 1 fully saturated rings. The number of hydrogen-bond donors (Lipinski definition) is 0. The largest absolute Gasteiger partial charge is 0.416 e. The van der Waals surface area contributed by atoms with Crippen LogP contribution in [0.15, 0.2) is 54.6 Å². The van der Waals surface area contributed by atoms with Gasteiger partial charge < -0.3 is 4.90 Å². The maximum Gasteiger partial charge on any atom is 0.416 e. The van der Waals surface area contributed by atoms with Gasteiger partial charge in [-0.25, -0.2) is 0 Å². The van der Waals surface area contributed by atoms with Gasteiger partial charge in [0.05, 0.1) is 17.0 Å². The number of nitrogens with zero attached hydrogens (tertiary/aromatic N) is 2. The van der Waals surface area contributed by atoms with Crippen LogP contribution in [0.25, 0.3) is 0 Å². The van der Waals surface area contributed by atoms with Gasteiger partial charge in [-0.05, 0) is 68.5 Å². The van der Waals surface area contributed by atoms with Crippen LogP contribution in [0.4, 0.5) is 13.2 Å². The maximum absolute atomic E-state index is 12.9. The predicted octanol–water partition coefficient (Wildman–Crippen LogP) is 6.18. The second-order valence-corrected chi connectivity index (χ2v) is 8.11. The molecule has 1 atom stereocenters. The quantitative estimate of drug-likeness (QED) is 0.529. The lowest BCUT2D eigenvalue weighted by molar-refractivity contribution is -0.137. The van der Waals surface area contributed by atoms with E-state index in [1.807, 2.05) is 18.2 Å². The van der Waals surface area contributed by atoms with Gasteiger partial charge in [0.1, 0.15) is 0 Å². The predicted molar refractivity (Wildman–Crippen MR) is 108 cm³/mol. The number of benzene rings is 2. The van der Waals surface area contributed by atoms with E-state index in [0.717, 1.165) is 56.5 Å². The molecule has 2 aromatic rings. The zero-order chi connectivity index (χ0) is 20.9. The van der Waals surface area contributed by atoms with Crippen molar-refractivity contribution in [1.29, 1.82) is 5.26 Å². The van der Waals surface area contributed by atoms with Crippen molar-refractivity contribution >= 4 is 0 Å². The van der Waals surface area contributed by atoms with E-state index < -0.39 is 17.2 Å². The van der Waals surface area contributed by atoms with Gasteiger partial charge in [-0.2, -0.15) is 18.4 Å². The summed E-state index contributed by atoms with van der Waals surface area (Å²) in [7, 11) is 2.06. The molecular weight excluding hydrogens is 373 g/mol. The van der Waals surface area contributed by atoms with Gasteiger partial charge in [0.25, 0.3) is 0 Å². The van der Waals surface area contributed by atoms with Crippen LogP contribution < -0.4 is 0 Å². The summed E-state index contributed by atoms with van der Waals surface area (Å²) < 4.78 is 38.8. The van der Waals surface area contributed by atoms with Gasteiger partial charge in [-0.1, -0.05) is 48.9 Å². The number of halogens is 3. The standard InChI is InChI=1S/C24H27F3N2/c1-29(17-19-7-3-2-4-8-19)16-6-15-23(18-28,20-9-5-10-20)21-11-13-22(14-12-21)24(25,26)27/h2-4,7-8,11-14,20H,5-6,9-10,15-17H2,1H3. The number of rotatable bonds is 8. The average Bonchev–Trinajstić information content (AvgIpc) is 2.66. The van der Waals surface area contributed by atoms with Gasteiger partial charge in [0.2, 0.25) is 0 Å². The van der Waals surface area contributed by atoms with E-state index in [1.54, 1.807) is 0 Å². The van der Waals surface area contributed by atoms with Crippen LogP contribution in [-0.4, -0.2) is 18.5 Å². The Kier molecular flexibility index (Phi) is 6.64. The van der Waals surface area contributed by atoms with Gasteiger partial charge in [-0.15, -0.1) is 0 Å². The van der Waals surface area contributed by atoms with E-state index in [4.69, 9.17) is 0 Å². The Labute approximate surface area is 171 Å². The summed E-state index contributed by atoms with van der Waals surface area (Å²) in [6, 6.07) is 18.0. The molecule has 5 heteroatoms. The molecule has 1 aliphatic carbocycles. The van der Waals surface area contributed by atoms with E-state index in [1.165, 1.54) is 17.7 Å². The van der Waals surface area contributed by atoms with Crippen LogP contribution in [0.1, 0.15) is 48.8 Å². The van der Waals surface area contributed by atoms with Crippen molar-refractivity contribution in [2.75, 3.05) is 13.6 Å². The SMILES string of the molecule is CN(CCCC(C#N)(c1ccc(C(F)(F)F)cc1)C1CCC1)Cc1ccccc1. The maximum atomic E-state index is 12.9. The summed E-state index contributed by atoms with van der Waals surface area (Å²) in [5, 5.41) is 10.1. The lowest BCUT2D eigenvalue weighted by atomic mass is 9.60. The molecule has 1 unspecified atom stereocenters. The van der Waals surface area contributed by atoms with E-state index >= 15 is 0 Å². The molecule has 0 heterocycles. The first-order valence-electron chi connectivity index (χ1n) is 10.2. The van der Waals surface area contributed by atoms with Crippen molar-refractivity contribution < 1.29 is 13.2 Å². The molecule has 0 N–H and O–H groups in total. The van der Waals surface area contributed by atoms with Crippen molar-refractivity contribution in [2.45, 2.75) is 50.2 Å². The number of nitriles is 1. The molecule has 0 bridgehead atoms. The Hall–Kier alpha value is -2.32. The van der Waals surface area contributed by atoms with Gasteiger partial charge >= 0.3 is 6.18 Å². The lowest BCUT2D eigenvalue weighted by Gasteiger charge is -2.41. The summed E-state index contributed by atoms with van der Waals surface area (Å²) >= 11 is 0. The molecule has 1 saturated carbocycles. The molecule has 0 aliphatic heterocycles. The highest BCUT2D eigenvalue weighted by molar-refractivity contribution is 5.37. The van der Waals surface area contributed by atoms with Crippen LogP contribution >= 0.6 is 0 Å². The van der Waals surface area contributed by atoms with Crippen molar-refractivity contribution in [3.63, 3.8) is 0 Å².